The Morgan fingerprint density at radius 3 is 2.67 bits per heavy atom. The Hall–Kier alpha value is -3.21. The molecule has 0 radical (unpaired) electrons. The molecular weight excluding hydrogens is 475 g/mol. The van der Waals surface area contributed by atoms with Crippen LogP contribution in [0.5, 0.6) is 5.75 Å². The van der Waals surface area contributed by atoms with E-state index in [0.717, 1.165) is 0 Å². The molecule has 0 spiro atoms. The maximum Gasteiger partial charge on any atom is 0.270 e. The molecule has 8 heteroatoms. The standard InChI is InChI=1S/C22H13BrClFN2O3/c23-19-9-14(8-17(12-26)15-5-3-6-18(11-15)27(28)29)10-20(24)22(19)30-13-16-4-1-2-7-21(16)25/h1-11H,13H2. The molecule has 3 aromatic carbocycles. The SMILES string of the molecule is N#CC(=Cc1cc(Cl)c(OCc2ccccc2F)c(Br)c1)c1cccc([N+](=O)[O-])c1. The molecule has 0 aliphatic heterocycles. The Bertz CT molecular complexity index is 1170. The average Bonchev–Trinajstić information content (AvgIpc) is 2.72. The van der Waals surface area contributed by atoms with Gasteiger partial charge in [-0.25, -0.2) is 4.39 Å². The van der Waals surface area contributed by atoms with Gasteiger partial charge < -0.3 is 4.74 Å². The summed E-state index contributed by atoms with van der Waals surface area (Å²) in [6.45, 7) is -0.00267. The fourth-order valence-electron chi connectivity index (χ4n) is 2.70. The molecule has 0 fully saturated rings. The first-order valence-corrected chi connectivity index (χ1v) is 9.78. The van der Waals surface area contributed by atoms with Crippen LogP contribution in [0.4, 0.5) is 10.1 Å². The number of benzene rings is 3. The summed E-state index contributed by atoms with van der Waals surface area (Å²) in [4.78, 5) is 10.5. The number of ether oxygens (including phenoxy) is 1. The minimum atomic E-state index is -0.520. The Labute approximate surface area is 185 Å². The lowest BCUT2D eigenvalue weighted by Gasteiger charge is -2.12. The van der Waals surface area contributed by atoms with E-state index in [1.54, 1.807) is 42.5 Å². The van der Waals surface area contributed by atoms with Gasteiger partial charge in [-0.3, -0.25) is 10.1 Å². The van der Waals surface area contributed by atoms with Crippen LogP contribution in [0.25, 0.3) is 11.6 Å². The molecule has 0 unspecified atom stereocenters. The molecule has 0 bridgehead atoms. The molecule has 0 amide bonds. The Balaban J connectivity index is 1.88. The van der Waals surface area contributed by atoms with Gasteiger partial charge in [-0.05, 0) is 51.3 Å². The molecular formula is C22H13BrClFN2O3. The summed E-state index contributed by atoms with van der Waals surface area (Å²) in [5.41, 5.74) is 1.53. The highest BCUT2D eigenvalue weighted by Crippen LogP contribution is 2.36. The number of hydrogen-bond acceptors (Lipinski definition) is 4. The van der Waals surface area contributed by atoms with Gasteiger partial charge in [-0.1, -0.05) is 41.9 Å². The lowest BCUT2D eigenvalue weighted by atomic mass is 10.0. The monoisotopic (exact) mass is 486 g/mol. The van der Waals surface area contributed by atoms with Gasteiger partial charge in [-0.15, -0.1) is 0 Å². The van der Waals surface area contributed by atoms with Crippen LogP contribution in [0.2, 0.25) is 5.02 Å². The van der Waals surface area contributed by atoms with Gasteiger partial charge in [0.25, 0.3) is 5.69 Å². The molecule has 0 atom stereocenters. The molecule has 0 heterocycles. The third-order valence-electron chi connectivity index (χ3n) is 4.15. The summed E-state index contributed by atoms with van der Waals surface area (Å²) in [6, 6.07) is 17.4. The molecule has 3 aromatic rings. The molecule has 3 rings (SSSR count). The van der Waals surface area contributed by atoms with Crippen molar-refractivity contribution in [3.05, 3.63) is 103 Å². The molecule has 0 aliphatic carbocycles. The Kier molecular flexibility index (Phi) is 6.83. The summed E-state index contributed by atoms with van der Waals surface area (Å²) in [6.07, 6.45) is 1.57. The van der Waals surface area contributed by atoms with E-state index < -0.39 is 4.92 Å². The summed E-state index contributed by atoms with van der Waals surface area (Å²) < 4.78 is 20.0. The van der Waals surface area contributed by atoms with Gasteiger partial charge in [0.05, 0.1) is 26.1 Å². The molecule has 0 saturated heterocycles. The number of halogens is 3. The highest BCUT2D eigenvalue weighted by atomic mass is 79.9. The fourth-order valence-corrected chi connectivity index (χ4v) is 3.69. The smallest absolute Gasteiger partial charge is 0.270 e. The zero-order valence-corrected chi connectivity index (χ0v) is 17.7. The third-order valence-corrected chi connectivity index (χ3v) is 5.02. The van der Waals surface area contributed by atoms with Crippen molar-refractivity contribution in [1.82, 2.24) is 0 Å². The summed E-state index contributed by atoms with van der Waals surface area (Å²) >= 11 is 9.71. The normalized spacial score (nSPS) is 11.1. The lowest BCUT2D eigenvalue weighted by molar-refractivity contribution is -0.384. The average molecular weight is 488 g/mol. The number of non-ortho nitro benzene ring substituents is 1. The van der Waals surface area contributed by atoms with E-state index >= 15 is 0 Å². The van der Waals surface area contributed by atoms with Gasteiger partial charge in [0.15, 0.2) is 5.75 Å². The number of nitrogens with zero attached hydrogens (tertiary/aromatic N) is 2. The predicted molar refractivity (Wildman–Crippen MR) is 116 cm³/mol. The van der Waals surface area contributed by atoms with Crippen molar-refractivity contribution in [1.29, 1.82) is 5.26 Å². The zero-order valence-electron chi connectivity index (χ0n) is 15.3. The van der Waals surface area contributed by atoms with E-state index in [-0.39, 0.29) is 28.7 Å². The van der Waals surface area contributed by atoms with Gasteiger partial charge in [0.2, 0.25) is 0 Å². The number of hydrogen-bond donors (Lipinski definition) is 0. The van der Waals surface area contributed by atoms with Crippen molar-refractivity contribution < 1.29 is 14.1 Å². The first-order chi connectivity index (χ1) is 14.4. The molecule has 0 saturated carbocycles. The van der Waals surface area contributed by atoms with Crippen molar-refractivity contribution in [2.75, 3.05) is 0 Å². The van der Waals surface area contributed by atoms with Crippen LogP contribution < -0.4 is 4.74 Å². The van der Waals surface area contributed by atoms with Crippen molar-refractivity contribution >= 4 is 44.9 Å². The second-order valence-electron chi connectivity index (χ2n) is 6.17. The van der Waals surface area contributed by atoms with E-state index in [4.69, 9.17) is 16.3 Å². The van der Waals surface area contributed by atoms with E-state index in [0.29, 0.717) is 26.9 Å². The van der Waals surface area contributed by atoms with Crippen LogP contribution in [0, 0.1) is 27.3 Å². The first-order valence-electron chi connectivity index (χ1n) is 8.61. The minimum Gasteiger partial charge on any atom is -0.486 e. The van der Waals surface area contributed by atoms with Gasteiger partial charge in [0.1, 0.15) is 12.4 Å². The van der Waals surface area contributed by atoms with Crippen molar-refractivity contribution in [2.24, 2.45) is 0 Å². The van der Waals surface area contributed by atoms with E-state index in [2.05, 4.69) is 15.9 Å². The van der Waals surface area contributed by atoms with Crippen molar-refractivity contribution in [3.8, 4) is 11.8 Å². The predicted octanol–water partition coefficient (Wildman–Crippen LogP) is 6.79. The molecule has 0 N–H and O–H groups in total. The van der Waals surface area contributed by atoms with Gasteiger partial charge >= 0.3 is 0 Å². The molecule has 5 nitrogen and oxygen atoms in total. The van der Waals surface area contributed by atoms with E-state index in [1.807, 2.05) is 6.07 Å². The largest absolute Gasteiger partial charge is 0.486 e. The van der Waals surface area contributed by atoms with Crippen molar-refractivity contribution in [2.45, 2.75) is 6.61 Å². The number of rotatable bonds is 6. The number of allylic oxidation sites excluding steroid dienone is 1. The van der Waals surface area contributed by atoms with Crippen LogP contribution >= 0.6 is 27.5 Å². The summed E-state index contributed by atoms with van der Waals surface area (Å²) in [5, 5.41) is 20.8. The Morgan fingerprint density at radius 2 is 2.00 bits per heavy atom. The van der Waals surface area contributed by atoms with Crippen LogP contribution in [-0.2, 0) is 6.61 Å². The number of nitriles is 1. The van der Waals surface area contributed by atoms with Crippen LogP contribution in [-0.4, -0.2) is 4.92 Å². The highest BCUT2D eigenvalue weighted by Gasteiger charge is 2.13. The van der Waals surface area contributed by atoms with Crippen molar-refractivity contribution in [3.63, 3.8) is 0 Å². The second-order valence-corrected chi connectivity index (χ2v) is 7.43. The van der Waals surface area contributed by atoms with Gasteiger partial charge in [-0.2, -0.15) is 5.26 Å². The maximum atomic E-state index is 13.8. The van der Waals surface area contributed by atoms with Crippen LogP contribution in [0.1, 0.15) is 16.7 Å². The fraction of sp³-hybridized carbons (Fsp3) is 0.0455. The topological polar surface area (TPSA) is 76.2 Å². The molecule has 0 aromatic heterocycles. The molecule has 150 valence electrons. The lowest BCUT2D eigenvalue weighted by Crippen LogP contribution is -1.99. The van der Waals surface area contributed by atoms with E-state index in [9.17, 15) is 19.8 Å². The summed E-state index contributed by atoms with van der Waals surface area (Å²) in [5.74, 6) is -0.0363. The summed E-state index contributed by atoms with van der Waals surface area (Å²) in [7, 11) is 0. The van der Waals surface area contributed by atoms with Crippen LogP contribution in [0.3, 0.4) is 0 Å². The van der Waals surface area contributed by atoms with Gasteiger partial charge in [0, 0.05) is 17.7 Å². The Morgan fingerprint density at radius 1 is 1.23 bits per heavy atom. The van der Waals surface area contributed by atoms with Crippen LogP contribution in [0.15, 0.2) is 65.1 Å². The number of nitro benzene ring substituents is 1. The minimum absolute atomic E-state index is 0.00267. The third kappa shape index (κ3) is 5.03. The maximum absolute atomic E-state index is 13.8. The zero-order chi connectivity index (χ0) is 21.7. The molecule has 30 heavy (non-hydrogen) atoms. The number of nitro groups is 1. The first kappa shape index (κ1) is 21.5. The highest BCUT2D eigenvalue weighted by molar-refractivity contribution is 9.10. The molecule has 0 aliphatic rings. The van der Waals surface area contributed by atoms with E-state index in [1.165, 1.54) is 24.3 Å². The quantitative estimate of drug-likeness (QED) is 0.166. The second kappa shape index (κ2) is 9.53.